The van der Waals surface area contributed by atoms with Gasteiger partial charge < -0.3 is 16.0 Å². The van der Waals surface area contributed by atoms with E-state index in [0.717, 1.165) is 18.5 Å². The number of hydrogen-bond donors (Lipinski definition) is 2. The first-order chi connectivity index (χ1) is 12.2. The lowest BCUT2D eigenvalue weighted by Crippen LogP contribution is -2.10. The van der Waals surface area contributed by atoms with Gasteiger partial charge in [0.15, 0.2) is 11.5 Å². The quantitative estimate of drug-likeness (QED) is 0.535. The van der Waals surface area contributed by atoms with E-state index < -0.39 is 0 Å². The summed E-state index contributed by atoms with van der Waals surface area (Å²) in [7, 11) is 0. The fourth-order valence-corrected chi connectivity index (χ4v) is 3.44. The Kier molecular flexibility index (Phi) is 7.95. The Morgan fingerprint density at radius 2 is 1.48 bits per heavy atom. The Hall–Kier alpha value is -1.85. The van der Waals surface area contributed by atoms with Crippen molar-refractivity contribution >= 4 is 22.9 Å². The van der Waals surface area contributed by atoms with Crippen LogP contribution < -0.4 is 11.5 Å². The van der Waals surface area contributed by atoms with E-state index in [0.29, 0.717) is 17.4 Å². The zero-order chi connectivity index (χ0) is 18.1. The summed E-state index contributed by atoms with van der Waals surface area (Å²) in [6.07, 6.45) is 15.7. The number of nitrogens with two attached hydrogens (primary N) is 2. The number of imidazole rings is 1. The molecule has 1 unspecified atom stereocenters. The van der Waals surface area contributed by atoms with Gasteiger partial charge in [-0.1, -0.05) is 71.6 Å². The van der Waals surface area contributed by atoms with E-state index in [1.54, 1.807) is 0 Å². The third kappa shape index (κ3) is 5.58. The molecular formula is C19H34N6. The molecule has 2 heterocycles. The number of unbranched alkanes of at least 4 members (excludes halogenated alkanes) is 7. The van der Waals surface area contributed by atoms with Gasteiger partial charge in [0.1, 0.15) is 5.52 Å². The predicted molar refractivity (Wildman–Crippen MR) is 105 cm³/mol. The number of fused-ring (bicyclic) bond motifs is 1. The van der Waals surface area contributed by atoms with Crippen LogP contribution >= 0.6 is 0 Å². The molecule has 0 saturated carbocycles. The summed E-state index contributed by atoms with van der Waals surface area (Å²) in [6, 6.07) is 0.414. The van der Waals surface area contributed by atoms with Gasteiger partial charge in [0.25, 0.3) is 0 Å². The van der Waals surface area contributed by atoms with E-state index in [1.165, 1.54) is 57.8 Å². The largest absolute Gasteiger partial charge is 0.382 e. The molecule has 25 heavy (non-hydrogen) atoms. The van der Waals surface area contributed by atoms with Crippen molar-refractivity contribution < 1.29 is 0 Å². The van der Waals surface area contributed by atoms with E-state index in [9.17, 15) is 0 Å². The van der Waals surface area contributed by atoms with Gasteiger partial charge in [-0.2, -0.15) is 9.97 Å². The fourth-order valence-electron chi connectivity index (χ4n) is 3.44. The molecule has 6 nitrogen and oxygen atoms in total. The highest BCUT2D eigenvalue weighted by Crippen LogP contribution is 2.28. The van der Waals surface area contributed by atoms with Gasteiger partial charge in [0.05, 0.1) is 6.33 Å². The zero-order valence-corrected chi connectivity index (χ0v) is 15.9. The molecule has 2 aromatic rings. The highest BCUT2D eigenvalue weighted by molar-refractivity contribution is 5.82. The second kappa shape index (κ2) is 10.2. The average Bonchev–Trinajstić information content (AvgIpc) is 3.00. The predicted octanol–water partition coefficient (Wildman–Crippen LogP) is 4.86. The maximum atomic E-state index is 5.96. The number of nitrogen functional groups attached to an aromatic ring is 2. The van der Waals surface area contributed by atoms with Crippen molar-refractivity contribution in [3.8, 4) is 0 Å². The Morgan fingerprint density at radius 3 is 2.12 bits per heavy atom. The molecule has 0 spiro atoms. The molecule has 0 aliphatic rings. The lowest BCUT2D eigenvalue weighted by molar-refractivity contribution is 0.401. The SMILES string of the molecule is CCCCCCCC(CCCCCC)n1cnc2c(N)nc(N)nc21. The van der Waals surface area contributed by atoms with Gasteiger partial charge in [-0.25, -0.2) is 4.98 Å². The third-order valence-corrected chi connectivity index (χ3v) is 4.89. The van der Waals surface area contributed by atoms with Crippen molar-refractivity contribution in [1.82, 2.24) is 19.5 Å². The Labute approximate surface area is 151 Å². The minimum atomic E-state index is 0.222. The van der Waals surface area contributed by atoms with Crippen LogP contribution in [0, 0.1) is 0 Å². The average molecular weight is 347 g/mol. The first kappa shape index (κ1) is 19.5. The molecule has 140 valence electrons. The first-order valence-electron chi connectivity index (χ1n) is 9.92. The normalized spacial score (nSPS) is 12.7. The van der Waals surface area contributed by atoms with Crippen LogP contribution in [0.3, 0.4) is 0 Å². The molecule has 2 aromatic heterocycles. The number of rotatable bonds is 12. The molecule has 4 N–H and O–H groups in total. The molecule has 0 aliphatic heterocycles. The molecule has 0 bridgehead atoms. The van der Waals surface area contributed by atoms with Crippen LogP contribution in [0.4, 0.5) is 11.8 Å². The van der Waals surface area contributed by atoms with Crippen molar-refractivity contribution in [2.45, 2.75) is 90.5 Å². The first-order valence-corrected chi connectivity index (χ1v) is 9.92. The Bertz CT molecular complexity index is 636. The van der Waals surface area contributed by atoms with E-state index >= 15 is 0 Å². The minimum absolute atomic E-state index is 0.222. The van der Waals surface area contributed by atoms with E-state index in [1.807, 2.05) is 6.33 Å². The molecule has 6 heteroatoms. The number of nitrogens with zero attached hydrogens (tertiary/aromatic N) is 4. The number of anilines is 2. The lowest BCUT2D eigenvalue weighted by atomic mass is 10.0. The molecular weight excluding hydrogens is 312 g/mol. The van der Waals surface area contributed by atoms with Crippen molar-refractivity contribution in [1.29, 1.82) is 0 Å². The van der Waals surface area contributed by atoms with Crippen molar-refractivity contribution in [2.75, 3.05) is 11.5 Å². The molecule has 0 saturated heterocycles. The molecule has 0 aromatic carbocycles. The van der Waals surface area contributed by atoms with Crippen molar-refractivity contribution in [2.24, 2.45) is 0 Å². The summed E-state index contributed by atoms with van der Waals surface area (Å²) in [5.41, 5.74) is 13.2. The zero-order valence-electron chi connectivity index (χ0n) is 15.9. The summed E-state index contributed by atoms with van der Waals surface area (Å²) >= 11 is 0. The van der Waals surface area contributed by atoms with Gasteiger partial charge in [0, 0.05) is 6.04 Å². The molecule has 0 radical (unpaired) electrons. The maximum Gasteiger partial charge on any atom is 0.224 e. The highest BCUT2D eigenvalue weighted by atomic mass is 15.2. The van der Waals surface area contributed by atoms with E-state index in [4.69, 9.17) is 11.5 Å². The second-order valence-electron chi connectivity index (χ2n) is 7.00. The lowest BCUT2D eigenvalue weighted by Gasteiger charge is -2.19. The molecule has 1 atom stereocenters. The van der Waals surface area contributed by atoms with Crippen LogP contribution in [0.15, 0.2) is 6.33 Å². The second-order valence-corrected chi connectivity index (χ2v) is 7.00. The van der Waals surface area contributed by atoms with Crippen LogP contribution in [-0.2, 0) is 0 Å². The van der Waals surface area contributed by atoms with Gasteiger partial charge in [0.2, 0.25) is 5.95 Å². The number of aromatic nitrogens is 4. The third-order valence-electron chi connectivity index (χ3n) is 4.89. The van der Waals surface area contributed by atoms with E-state index in [-0.39, 0.29) is 5.95 Å². The fraction of sp³-hybridized carbons (Fsp3) is 0.737. The Morgan fingerprint density at radius 1 is 0.880 bits per heavy atom. The van der Waals surface area contributed by atoms with Crippen molar-refractivity contribution in [3.05, 3.63) is 6.33 Å². The summed E-state index contributed by atoms with van der Waals surface area (Å²) < 4.78 is 2.18. The summed E-state index contributed by atoms with van der Waals surface area (Å²) in [4.78, 5) is 12.9. The van der Waals surface area contributed by atoms with Crippen LogP contribution in [0.5, 0.6) is 0 Å². The van der Waals surface area contributed by atoms with Gasteiger partial charge in [-0.15, -0.1) is 0 Å². The van der Waals surface area contributed by atoms with Gasteiger partial charge in [-0.3, -0.25) is 0 Å². The van der Waals surface area contributed by atoms with Crippen LogP contribution in [0.1, 0.15) is 90.5 Å². The van der Waals surface area contributed by atoms with Crippen molar-refractivity contribution in [3.63, 3.8) is 0 Å². The van der Waals surface area contributed by atoms with Crippen LogP contribution in [-0.4, -0.2) is 19.5 Å². The van der Waals surface area contributed by atoms with Crippen LogP contribution in [0.25, 0.3) is 11.2 Å². The monoisotopic (exact) mass is 346 g/mol. The highest BCUT2D eigenvalue weighted by Gasteiger charge is 2.17. The molecule has 0 aliphatic carbocycles. The molecule has 0 fully saturated rings. The summed E-state index contributed by atoms with van der Waals surface area (Å²) in [6.45, 7) is 4.50. The van der Waals surface area contributed by atoms with Gasteiger partial charge in [-0.05, 0) is 12.8 Å². The summed E-state index contributed by atoms with van der Waals surface area (Å²) in [5, 5.41) is 0. The van der Waals surface area contributed by atoms with Crippen LogP contribution in [0.2, 0.25) is 0 Å². The smallest absolute Gasteiger partial charge is 0.224 e. The summed E-state index contributed by atoms with van der Waals surface area (Å²) in [5.74, 6) is 0.591. The topological polar surface area (TPSA) is 95.6 Å². The maximum absolute atomic E-state index is 5.96. The molecule has 0 amide bonds. The standard InChI is InChI=1S/C19H34N6/c1-3-5-7-9-11-13-15(12-10-8-6-4-2)25-14-22-16-17(20)23-19(21)24-18(16)25/h14-15H,3-13H2,1-2H3,(H4,20,21,23,24). The minimum Gasteiger partial charge on any atom is -0.382 e. The van der Waals surface area contributed by atoms with E-state index in [2.05, 4.69) is 33.4 Å². The molecule has 2 rings (SSSR count). The Balaban J connectivity index is 2.10. The number of hydrogen-bond acceptors (Lipinski definition) is 5. The van der Waals surface area contributed by atoms with Gasteiger partial charge >= 0.3 is 0 Å².